The van der Waals surface area contributed by atoms with Gasteiger partial charge in [0.2, 0.25) is 0 Å². The molecule has 0 atom stereocenters. The highest BCUT2D eigenvalue weighted by atomic mass is 31.2. The van der Waals surface area contributed by atoms with Crippen molar-refractivity contribution in [2.45, 2.75) is 0 Å². The van der Waals surface area contributed by atoms with Crippen LogP contribution in [0.15, 0.2) is 23.0 Å². The molecular formula is C9H10N3O6P. The molecule has 102 valence electrons. The molecule has 0 saturated carbocycles. The summed E-state index contributed by atoms with van der Waals surface area (Å²) in [5.41, 5.74) is -0.233. The van der Waals surface area contributed by atoms with Crippen LogP contribution in [0.2, 0.25) is 0 Å². The lowest BCUT2D eigenvalue weighted by Crippen LogP contribution is -2.13. The van der Waals surface area contributed by atoms with Crippen LogP contribution in [-0.4, -0.2) is 29.7 Å². The van der Waals surface area contributed by atoms with E-state index in [9.17, 15) is 14.5 Å². The van der Waals surface area contributed by atoms with Gasteiger partial charge in [-0.25, -0.2) is 14.5 Å². The average molecular weight is 287 g/mol. The Labute approximate surface area is 106 Å². The third-order valence-electron chi connectivity index (χ3n) is 2.31. The molecule has 4 N–H and O–H groups in total. The lowest BCUT2D eigenvalue weighted by Gasteiger charge is -2.08. The Bertz CT molecular complexity index is 715. The van der Waals surface area contributed by atoms with Gasteiger partial charge in [-0.05, 0) is 12.1 Å². The van der Waals surface area contributed by atoms with E-state index in [2.05, 4.69) is 14.7 Å². The molecule has 0 aliphatic carbocycles. The van der Waals surface area contributed by atoms with E-state index in [4.69, 9.17) is 9.79 Å². The van der Waals surface area contributed by atoms with Crippen molar-refractivity contribution in [3.63, 3.8) is 0 Å². The van der Waals surface area contributed by atoms with E-state index in [1.807, 2.05) is 0 Å². The number of aromatic hydroxyl groups is 1. The standard InChI is InChI=1S/C9H10N3O6P/c1-12-8(10-11-9(12)14)6-3-2-5(4-7(6)13)18-19(15,16)17/h2-4,13H,1H3,(H,11,14)(H2,15,16,17). The van der Waals surface area contributed by atoms with Gasteiger partial charge in [-0.1, -0.05) is 0 Å². The summed E-state index contributed by atoms with van der Waals surface area (Å²) in [5.74, 6) is -0.339. The molecule has 2 aromatic rings. The number of phenols is 1. The lowest BCUT2D eigenvalue weighted by atomic mass is 10.2. The number of aromatic amines is 1. The predicted octanol–water partition coefficient (Wildman–Crippen LogP) is -0.0475. The topological polar surface area (TPSA) is 138 Å². The highest BCUT2D eigenvalue weighted by Crippen LogP contribution is 2.40. The van der Waals surface area contributed by atoms with Gasteiger partial charge in [-0.3, -0.25) is 14.4 Å². The van der Waals surface area contributed by atoms with E-state index in [1.165, 1.54) is 23.7 Å². The number of phenolic OH excluding ortho intramolecular Hbond substituents is 1. The number of benzene rings is 1. The molecule has 10 heteroatoms. The van der Waals surface area contributed by atoms with Crippen molar-refractivity contribution in [1.82, 2.24) is 14.8 Å². The maximum atomic E-state index is 11.2. The molecule has 1 aromatic carbocycles. The summed E-state index contributed by atoms with van der Waals surface area (Å²) < 4.78 is 16.1. The molecule has 0 bridgehead atoms. The molecule has 0 aliphatic heterocycles. The van der Waals surface area contributed by atoms with E-state index >= 15 is 0 Å². The Balaban J connectivity index is 2.43. The second kappa shape index (κ2) is 4.54. The third-order valence-corrected chi connectivity index (χ3v) is 2.76. The summed E-state index contributed by atoms with van der Waals surface area (Å²) in [6, 6.07) is 3.59. The van der Waals surface area contributed by atoms with Crippen LogP contribution in [0.3, 0.4) is 0 Å². The SMILES string of the molecule is Cn1c(-c2ccc(OP(=O)(O)O)cc2O)n[nH]c1=O. The van der Waals surface area contributed by atoms with Crippen molar-refractivity contribution in [3.8, 4) is 22.9 Å². The van der Waals surface area contributed by atoms with Crippen molar-refractivity contribution in [1.29, 1.82) is 0 Å². The minimum absolute atomic E-state index is 0.185. The first-order valence-corrected chi connectivity index (χ1v) is 6.51. The van der Waals surface area contributed by atoms with E-state index in [0.29, 0.717) is 0 Å². The second-order valence-corrected chi connectivity index (χ2v) is 4.84. The zero-order valence-corrected chi connectivity index (χ0v) is 10.5. The molecule has 9 nitrogen and oxygen atoms in total. The summed E-state index contributed by atoms with van der Waals surface area (Å²) in [5, 5.41) is 15.7. The van der Waals surface area contributed by atoms with Crippen molar-refractivity contribution < 1.29 is 24.0 Å². The lowest BCUT2D eigenvalue weighted by molar-refractivity contribution is 0.283. The number of rotatable bonds is 3. The molecule has 0 fully saturated rings. The zero-order valence-electron chi connectivity index (χ0n) is 9.64. The minimum Gasteiger partial charge on any atom is -0.507 e. The first-order chi connectivity index (χ1) is 8.78. The van der Waals surface area contributed by atoms with Crippen LogP contribution in [-0.2, 0) is 11.6 Å². The number of nitrogens with one attached hydrogen (secondary N) is 1. The summed E-state index contributed by atoms with van der Waals surface area (Å²) >= 11 is 0. The van der Waals surface area contributed by atoms with Gasteiger partial charge in [-0.15, -0.1) is 0 Å². The van der Waals surface area contributed by atoms with Crippen molar-refractivity contribution >= 4 is 7.82 Å². The number of phosphoric acid groups is 1. The van der Waals surface area contributed by atoms with Gasteiger partial charge in [0, 0.05) is 13.1 Å². The van der Waals surface area contributed by atoms with Crippen LogP contribution in [0.4, 0.5) is 0 Å². The molecule has 0 saturated heterocycles. The average Bonchev–Trinajstić information content (AvgIpc) is 2.58. The van der Waals surface area contributed by atoms with Crippen LogP contribution in [0.1, 0.15) is 0 Å². The summed E-state index contributed by atoms with van der Waals surface area (Å²) in [6.45, 7) is 0. The van der Waals surface area contributed by atoms with Crippen LogP contribution in [0, 0.1) is 0 Å². The Kier molecular flexibility index (Phi) is 3.19. The number of aromatic nitrogens is 3. The van der Waals surface area contributed by atoms with Gasteiger partial charge >= 0.3 is 13.5 Å². The van der Waals surface area contributed by atoms with E-state index < -0.39 is 13.5 Å². The number of phosphoric ester groups is 1. The number of nitrogens with zero attached hydrogens (tertiary/aromatic N) is 2. The van der Waals surface area contributed by atoms with Crippen LogP contribution >= 0.6 is 7.82 Å². The van der Waals surface area contributed by atoms with Gasteiger partial charge in [0.05, 0.1) is 5.56 Å². The van der Waals surface area contributed by atoms with E-state index in [0.717, 1.165) is 6.07 Å². The van der Waals surface area contributed by atoms with Crippen LogP contribution < -0.4 is 10.2 Å². The summed E-state index contributed by atoms with van der Waals surface area (Å²) in [7, 11) is -3.23. The monoisotopic (exact) mass is 287 g/mol. The highest BCUT2D eigenvalue weighted by Gasteiger charge is 2.18. The normalized spacial score (nSPS) is 11.5. The van der Waals surface area contributed by atoms with Crippen LogP contribution in [0.25, 0.3) is 11.4 Å². The fourth-order valence-corrected chi connectivity index (χ4v) is 1.87. The third kappa shape index (κ3) is 2.84. The zero-order chi connectivity index (χ0) is 14.2. The number of hydrogen-bond acceptors (Lipinski definition) is 5. The maximum Gasteiger partial charge on any atom is 0.524 e. The van der Waals surface area contributed by atoms with Crippen LogP contribution in [0.5, 0.6) is 11.5 Å². The molecule has 1 heterocycles. The van der Waals surface area contributed by atoms with Crippen molar-refractivity contribution in [2.24, 2.45) is 7.05 Å². The molecule has 0 spiro atoms. The molecule has 0 aliphatic rings. The molecule has 2 rings (SSSR count). The van der Waals surface area contributed by atoms with Gasteiger partial charge < -0.3 is 9.63 Å². The smallest absolute Gasteiger partial charge is 0.507 e. The molecule has 1 aromatic heterocycles. The first-order valence-electron chi connectivity index (χ1n) is 4.98. The van der Waals surface area contributed by atoms with Gasteiger partial charge in [0.15, 0.2) is 5.82 Å². The van der Waals surface area contributed by atoms with Gasteiger partial charge in [-0.2, -0.15) is 5.10 Å². The van der Waals surface area contributed by atoms with E-state index in [1.54, 1.807) is 0 Å². The molecule has 19 heavy (non-hydrogen) atoms. The number of H-pyrrole nitrogens is 1. The first kappa shape index (κ1) is 13.3. The predicted molar refractivity (Wildman–Crippen MR) is 63.6 cm³/mol. The fraction of sp³-hybridized carbons (Fsp3) is 0.111. The number of hydrogen-bond donors (Lipinski definition) is 4. The molecule has 0 radical (unpaired) electrons. The van der Waals surface area contributed by atoms with Gasteiger partial charge in [0.25, 0.3) is 0 Å². The van der Waals surface area contributed by atoms with E-state index in [-0.39, 0.29) is 22.9 Å². The van der Waals surface area contributed by atoms with Crippen molar-refractivity contribution in [3.05, 3.63) is 28.7 Å². The fourth-order valence-electron chi connectivity index (χ4n) is 1.48. The quantitative estimate of drug-likeness (QED) is 0.581. The molecule has 0 amide bonds. The Morgan fingerprint density at radius 3 is 2.58 bits per heavy atom. The Hall–Kier alpha value is -2.09. The Morgan fingerprint density at radius 2 is 2.11 bits per heavy atom. The second-order valence-electron chi connectivity index (χ2n) is 3.67. The van der Waals surface area contributed by atoms with Crippen molar-refractivity contribution in [2.75, 3.05) is 0 Å². The summed E-state index contributed by atoms with van der Waals surface area (Å²) in [6.07, 6.45) is 0. The Morgan fingerprint density at radius 1 is 1.42 bits per heavy atom. The largest absolute Gasteiger partial charge is 0.524 e. The highest BCUT2D eigenvalue weighted by molar-refractivity contribution is 7.46. The molecule has 0 unspecified atom stereocenters. The molecular weight excluding hydrogens is 277 g/mol. The maximum absolute atomic E-state index is 11.2. The minimum atomic E-state index is -4.69. The van der Waals surface area contributed by atoms with Gasteiger partial charge in [0.1, 0.15) is 11.5 Å². The summed E-state index contributed by atoms with van der Waals surface area (Å²) in [4.78, 5) is 28.5.